The van der Waals surface area contributed by atoms with Crippen LogP contribution in [0.1, 0.15) is 35.5 Å². The summed E-state index contributed by atoms with van der Waals surface area (Å²) in [5.74, 6) is -0.133. The fourth-order valence-corrected chi connectivity index (χ4v) is 2.19. The van der Waals surface area contributed by atoms with Gasteiger partial charge in [0.1, 0.15) is 5.75 Å². The Kier molecular flexibility index (Phi) is 6.54. The van der Waals surface area contributed by atoms with E-state index in [1.807, 2.05) is 32.0 Å². The molecule has 7 nitrogen and oxygen atoms in total. The third-order valence-corrected chi connectivity index (χ3v) is 3.50. The lowest BCUT2D eigenvalue weighted by Gasteiger charge is -2.09. The molecule has 1 aromatic carbocycles. The molecule has 0 radical (unpaired) electrons. The molecule has 0 aliphatic rings. The van der Waals surface area contributed by atoms with Crippen molar-refractivity contribution in [2.75, 3.05) is 6.61 Å². The van der Waals surface area contributed by atoms with Gasteiger partial charge in [-0.3, -0.25) is 4.79 Å². The lowest BCUT2D eigenvalue weighted by atomic mass is 10.1. The van der Waals surface area contributed by atoms with E-state index in [0.717, 1.165) is 16.9 Å². The van der Waals surface area contributed by atoms with Gasteiger partial charge in [-0.1, -0.05) is 12.1 Å². The van der Waals surface area contributed by atoms with Gasteiger partial charge in [-0.15, -0.1) is 0 Å². The van der Waals surface area contributed by atoms with E-state index in [-0.39, 0.29) is 19.0 Å². The maximum Gasteiger partial charge on any atom is 0.332 e. The number of rotatable bonds is 7. The van der Waals surface area contributed by atoms with Crippen molar-refractivity contribution >= 4 is 11.9 Å². The summed E-state index contributed by atoms with van der Waals surface area (Å²) in [6.07, 6.45) is 2.88. The number of allylic oxidation sites excluding steroid dienone is 1. The number of hydrogen-bond donors (Lipinski definition) is 1. The van der Waals surface area contributed by atoms with Crippen molar-refractivity contribution in [3.05, 3.63) is 59.1 Å². The van der Waals surface area contributed by atoms with Crippen LogP contribution in [-0.2, 0) is 16.3 Å². The largest absolute Gasteiger partial charge is 0.471 e. The molecular weight excluding hydrogens is 334 g/mol. The van der Waals surface area contributed by atoms with Crippen LogP contribution in [0, 0.1) is 13.8 Å². The first-order valence-electron chi connectivity index (χ1n) is 8.29. The summed E-state index contributed by atoms with van der Waals surface area (Å²) < 4.78 is 12.1. The van der Waals surface area contributed by atoms with Gasteiger partial charge in [0.15, 0.2) is 12.4 Å². The fraction of sp³-hybridized carbons (Fsp3) is 0.316. The van der Waals surface area contributed by atoms with Gasteiger partial charge in [-0.05, 0) is 51.0 Å². The predicted molar refractivity (Wildman–Crippen MR) is 96.6 cm³/mol. The highest BCUT2D eigenvalue weighted by atomic mass is 16.5. The number of hydrogen-bond acceptors (Lipinski definition) is 5. The van der Waals surface area contributed by atoms with Crippen LogP contribution < -0.4 is 10.1 Å². The minimum Gasteiger partial charge on any atom is -0.471 e. The Balaban J connectivity index is 1.95. The standard InChI is InChI=1S/C19H23N3O4/c1-5-25-18(23)11-15(4)20-19(24)16-8-9-22(21-16)12-26-17-10-13(2)6-7-14(17)3/h6-11H,5,12H2,1-4H3,(H,20,24)/b15-11+. The van der Waals surface area contributed by atoms with Gasteiger partial charge < -0.3 is 14.8 Å². The normalized spacial score (nSPS) is 11.2. The summed E-state index contributed by atoms with van der Waals surface area (Å²) in [7, 11) is 0. The van der Waals surface area contributed by atoms with E-state index in [1.54, 1.807) is 26.1 Å². The molecule has 1 N–H and O–H groups in total. The molecule has 1 heterocycles. The highest BCUT2D eigenvalue weighted by molar-refractivity contribution is 5.94. The van der Waals surface area contributed by atoms with E-state index in [4.69, 9.17) is 9.47 Å². The Bertz CT molecular complexity index is 824. The molecule has 0 spiro atoms. The highest BCUT2D eigenvalue weighted by Gasteiger charge is 2.11. The van der Waals surface area contributed by atoms with E-state index >= 15 is 0 Å². The molecule has 1 aromatic heterocycles. The van der Waals surface area contributed by atoms with E-state index < -0.39 is 11.9 Å². The van der Waals surface area contributed by atoms with Gasteiger partial charge in [0.2, 0.25) is 0 Å². The molecule has 0 unspecified atom stereocenters. The van der Waals surface area contributed by atoms with Gasteiger partial charge in [-0.2, -0.15) is 5.10 Å². The molecule has 7 heteroatoms. The lowest BCUT2D eigenvalue weighted by molar-refractivity contribution is -0.137. The molecule has 0 fully saturated rings. The number of aryl methyl sites for hydroxylation is 2. The van der Waals surface area contributed by atoms with Crippen LogP contribution in [0.4, 0.5) is 0 Å². The Morgan fingerprint density at radius 1 is 1.27 bits per heavy atom. The van der Waals surface area contributed by atoms with Gasteiger partial charge in [-0.25, -0.2) is 9.48 Å². The topological polar surface area (TPSA) is 82.5 Å². The molecule has 26 heavy (non-hydrogen) atoms. The first-order chi connectivity index (χ1) is 12.4. The predicted octanol–water partition coefficient (Wildman–Crippen LogP) is 2.73. The summed E-state index contributed by atoms with van der Waals surface area (Å²) >= 11 is 0. The van der Waals surface area contributed by atoms with E-state index in [2.05, 4.69) is 10.4 Å². The number of carbonyl (C=O) groups excluding carboxylic acids is 2. The molecule has 0 atom stereocenters. The van der Waals surface area contributed by atoms with Crippen LogP contribution >= 0.6 is 0 Å². The summed E-state index contributed by atoms with van der Waals surface area (Å²) in [6, 6.07) is 7.55. The van der Waals surface area contributed by atoms with Gasteiger partial charge >= 0.3 is 5.97 Å². The minimum absolute atomic E-state index is 0.190. The molecular formula is C19H23N3O4. The second-order valence-electron chi connectivity index (χ2n) is 5.82. The van der Waals surface area contributed by atoms with Crippen molar-refractivity contribution in [2.24, 2.45) is 0 Å². The van der Waals surface area contributed by atoms with Gasteiger partial charge in [0.25, 0.3) is 5.91 Å². The summed E-state index contributed by atoms with van der Waals surface area (Å²) in [4.78, 5) is 23.5. The van der Waals surface area contributed by atoms with Crippen LogP contribution in [0.3, 0.4) is 0 Å². The van der Waals surface area contributed by atoms with Crippen LogP contribution in [0.15, 0.2) is 42.2 Å². The Labute approximate surface area is 152 Å². The van der Waals surface area contributed by atoms with Crippen molar-refractivity contribution in [3.63, 3.8) is 0 Å². The molecule has 0 bridgehead atoms. The number of amides is 1. The molecule has 1 amide bonds. The molecule has 0 saturated heterocycles. The number of aromatic nitrogens is 2. The zero-order chi connectivity index (χ0) is 19.1. The molecule has 0 aliphatic heterocycles. The van der Waals surface area contributed by atoms with Gasteiger partial charge in [0.05, 0.1) is 6.61 Å². The number of nitrogens with one attached hydrogen (secondary N) is 1. The molecule has 2 aromatic rings. The summed E-state index contributed by atoms with van der Waals surface area (Å²) in [5.41, 5.74) is 2.75. The first kappa shape index (κ1) is 19.2. The molecule has 2 rings (SSSR count). The Morgan fingerprint density at radius 2 is 2.04 bits per heavy atom. The maximum absolute atomic E-state index is 12.2. The van der Waals surface area contributed by atoms with E-state index in [0.29, 0.717) is 5.70 Å². The minimum atomic E-state index is -0.502. The van der Waals surface area contributed by atoms with Gasteiger partial charge in [0, 0.05) is 18.0 Å². The number of esters is 1. The van der Waals surface area contributed by atoms with Crippen molar-refractivity contribution in [1.29, 1.82) is 0 Å². The van der Waals surface area contributed by atoms with Crippen LogP contribution in [0.25, 0.3) is 0 Å². The fourth-order valence-electron chi connectivity index (χ4n) is 2.19. The average molecular weight is 357 g/mol. The smallest absolute Gasteiger partial charge is 0.332 e. The number of nitrogens with zero attached hydrogens (tertiary/aromatic N) is 2. The SMILES string of the molecule is CCOC(=O)/C=C(\C)NC(=O)c1ccn(COc2cc(C)ccc2C)n1. The Morgan fingerprint density at radius 3 is 2.77 bits per heavy atom. The first-order valence-corrected chi connectivity index (χ1v) is 8.29. The van der Waals surface area contributed by atoms with Crippen LogP contribution in [-0.4, -0.2) is 28.3 Å². The van der Waals surface area contributed by atoms with E-state index in [9.17, 15) is 9.59 Å². The van der Waals surface area contributed by atoms with Crippen molar-refractivity contribution in [3.8, 4) is 5.75 Å². The zero-order valence-corrected chi connectivity index (χ0v) is 15.4. The van der Waals surface area contributed by atoms with E-state index in [1.165, 1.54) is 10.8 Å². The van der Waals surface area contributed by atoms with Crippen molar-refractivity contribution in [1.82, 2.24) is 15.1 Å². The third kappa shape index (κ3) is 5.47. The summed E-state index contributed by atoms with van der Waals surface area (Å²) in [6.45, 7) is 7.75. The number of benzene rings is 1. The molecule has 0 saturated carbocycles. The van der Waals surface area contributed by atoms with Crippen LogP contribution in [0.2, 0.25) is 0 Å². The number of carbonyl (C=O) groups is 2. The second kappa shape index (κ2) is 8.84. The zero-order valence-electron chi connectivity index (χ0n) is 15.4. The Hall–Kier alpha value is -3.09. The lowest BCUT2D eigenvalue weighted by Crippen LogP contribution is -2.23. The van der Waals surface area contributed by atoms with Crippen molar-refractivity contribution < 1.29 is 19.1 Å². The van der Waals surface area contributed by atoms with Crippen LogP contribution in [0.5, 0.6) is 5.75 Å². The molecule has 138 valence electrons. The molecule has 0 aliphatic carbocycles. The average Bonchev–Trinajstić information content (AvgIpc) is 3.05. The second-order valence-corrected chi connectivity index (χ2v) is 5.82. The maximum atomic E-state index is 12.2. The quantitative estimate of drug-likeness (QED) is 0.609. The monoisotopic (exact) mass is 357 g/mol. The summed E-state index contributed by atoms with van der Waals surface area (Å²) in [5, 5.41) is 6.78. The number of ether oxygens (including phenoxy) is 2. The van der Waals surface area contributed by atoms with Crippen molar-refractivity contribution in [2.45, 2.75) is 34.4 Å². The third-order valence-electron chi connectivity index (χ3n) is 3.50. The highest BCUT2D eigenvalue weighted by Crippen LogP contribution is 2.19.